The van der Waals surface area contributed by atoms with Gasteiger partial charge >= 0.3 is 0 Å². The van der Waals surface area contributed by atoms with E-state index >= 15 is 0 Å². The predicted octanol–water partition coefficient (Wildman–Crippen LogP) is 13.7. The van der Waals surface area contributed by atoms with Gasteiger partial charge in [-0.25, -0.2) is 0 Å². The lowest BCUT2D eigenvalue weighted by molar-refractivity contribution is -0.122. The van der Waals surface area contributed by atoms with Gasteiger partial charge in [0.15, 0.2) is 0 Å². The molecule has 0 heterocycles. The number of carbonyl (C=O) groups is 1. The SMILES string of the molecule is CCCCCCCCC/C=C\CCCCCCCCCC(=O)NC(CS(=O)(=O)O)C(O)CCCCCCCCCCCCCCCCCCCCC. The van der Waals surface area contributed by atoms with Gasteiger partial charge in [0, 0.05) is 6.42 Å². The molecule has 0 saturated heterocycles. The summed E-state index contributed by atoms with van der Waals surface area (Å²) in [5.41, 5.74) is 0. The topological polar surface area (TPSA) is 104 Å². The van der Waals surface area contributed by atoms with E-state index in [0.29, 0.717) is 12.8 Å². The molecular weight excluding hydrogens is 667 g/mol. The second-order valence-corrected chi connectivity index (χ2v) is 17.5. The fourth-order valence-corrected chi connectivity index (χ4v) is 8.03. The Morgan fingerprint density at radius 3 is 1.15 bits per heavy atom. The van der Waals surface area contributed by atoms with E-state index in [4.69, 9.17) is 0 Å². The third-order valence-electron chi connectivity index (χ3n) is 10.7. The van der Waals surface area contributed by atoms with Crippen molar-refractivity contribution in [2.45, 2.75) is 264 Å². The molecule has 52 heavy (non-hydrogen) atoms. The molecule has 0 aromatic rings. The van der Waals surface area contributed by atoms with E-state index < -0.39 is 28.0 Å². The molecule has 0 saturated carbocycles. The third-order valence-corrected chi connectivity index (χ3v) is 11.5. The van der Waals surface area contributed by atoms with Crippen LogP contribution >= 0.6 is 0 Å². The van der Waals surface area contributed by atoms with Crippen LogP contribution in [0, 0.1) is 0 Å². The van der Waals surface area contributed by atoms with Crippen LogP contribution in [0.15, 0.2) is 12.2 Å². The number of nitrogens with one attached hydrogen (secondary N) is 1. The Bertz CT molecular complexity index is 877. The quantitative estimate of drug-likeness (QED) is 0.0327. The van der Waals surface area contributed by atoms with E-state index in [-0.39, 0.29) is 5.91 Å². The normalized spacial score (nSPS) is 13.2. The molecule has 0 radical (unpaired) electrons. The number of hydrogen-bond donors (Lipinski definition) is 3. The average Bonchev–Trinajstić information content (AvgIpc) is 3.11. The van der Waals surface area contributed by atoms with Gasteiger partial charge in [-0.3, -0.25) is 9.35 Å². The standard InChI is InChI=1S/C45H89NO5S/c1-3-5-7-9-11-13-15-17-19-21-23-24-26-28-30-32-34-36-38-40-44(47)43(42-52(49,50)51)46-45(48)41-39-37-35-33-31-29-27-25-22-20-18-16-14-12-10-8-6-4-2/h20,22,43-44,47H,3-19,21,23-42H2,1-2H3,(H,46,48)(H,49,50,51)/b22-20-. The number of unbranched alkanes of at least 4 members (excludes halogenated alkanes) is 32. The Balaban J connectivity index is 3.79. The van der Waals surface area contributed by atoms with E-state index in [1.807, 2.05) is 0 Å². The maximum atomic E-state index is 12.6. The van der Waals surface area contributed by atoms with Crippen molar-refractivity contribution in [1.29, 1.82) is 0 Å². The van der Waals surface area contributed by atoms with Gasteiger partial charge in [-0.2, -0.15) is 8.42 Å². The number of aliphatic hydroxyl groups is 1. The monoisotopic (exact) mass is 756 g/mol. The van der Waals surface area contributed by atoms with Crippen LogP contribution < -0.4 is 5.32 Å². The summed E-state index contributed by atoms with van der Waals surface area (Å²) in [6.07, 6.45) is 48.8. The van der Waals surface area contributed by atoms with Crippen molar-refractivity contribution >= 4 is 16.0 Å². The van der Waals surface area contributed by atoms with Gasteiger partial charge in [0.1, 0.15) is 0 Å². The highest BCUT2D eigenvalue weighted by Crippen LogP contribution is 2.17. The molecule has 1 amide bonds. The number of aliphatic hydroxyl groups excluding tert-OH is 1. The highest BCUT2D eigenvalue weighted by Gasteiger charge is 2.26. The van der Waals surface area contributed by atoms with Gasteiger partial charge < -0.3 is 10.4 Å². The Morgan fingerprint density at radius 1 is 0.500 bits per heavy atom. The first kappa shape index (κ1) is 51.1. The molecule has 7 heteroatoms. The molecule has 2 atom stereocenters. The van der Waals surface area contributed by atoms with Crippen molar-refractivity contribution in [3.05, 3.63) is 12.2 Å². The molecule has 0 aliphatic heterocycles. The third kappa shape index (κ3) is 40.3. The second kappa shape index (κ2) is 39.8. The van der Waals surface area contributed by atoms with Crippen molar-refractivity contribution in [1.82, 2.24) is 5.32 Å². The van der Waals surface area contributed by atoms with E-state index in [2.05, 4.69) is 31.3 Å². The molecule has 6 nitrogen and oxygen atoms in total. The molecule has 2 unspecified atom stereocenters. The Labute approximate surface area is 324 Å². The van der Waals surface area contributed by atoms with E-state index in [1.165, 1.54) is 186 Å². The first-order valence-electron chi connectivity index (χ1n) is 22.9. The van der Waals surface area contributed by atoms with E-state index in [9.17, 15) is 22.9 Å². The van der Waals surface area contributed by atoms with Crippen LogP contribution in [-0.4, -0.2) is 41.9 Å². The van der Waals surface area contributed by atoms with E-state index in [0.717, 1.165) is 38.5 Å². The number of amides is 1. The van der Waals surface area contributed by atoms with Crippen LogP contribution in [0.3, 0.4) is 0 Å². The number of hydrogen-bond acceptors (Lipinski definition) is 4. The highest BCUT2D eigenvalue weighted by molar-refractivity contribution is 7.85. The second-order valence-electron chi connectivity index (χ2n) is 16.0. The molecule has 0 aliphatic carbocycles. The molecule has 0 rings (SSSR count). The minimum Gasteiger partial charge on any atom is -0.391 e. The zero-order valence-corrected chi connectivity index (χ0v) is 35.5. The van der Waals surface area contributed by atoms with Crippen molar-refractivity contribution < 1.29 is 22.9 Å². The van der Waals surface area contributed by atoms with Gasteiger partial charge in [-0.05, 0) is 38.5 Å². The average molecular weight is 756 g/mol. The zero-order valence-electron chi connectivity index (χ0n) is 34.7. The van der Waals surface area contributed by atoms with Crippen molar-refractivity contribution in [3.63, 3.8) is 0 Å². The summed E-state index contributed by atoms with van der Waals surface area (Å²) >= 11 is 0. The largest absolute Gasteiger partial charge is 0.391 e. The van der Waals surface area contributed by atoms with Crippen molar-refractivity contribution in [2.75, 3.05) is 5.75 Å². The smallest absolute Gasteiger partial charge is 0.266 e. The first-order chi connectivity index (χ1) is 25.3. The van der Waals surface area contributed by atoms with Gasteiger partial charge in [0.2, 0.25) is 5.91 Å². The lowest BCUT2D eigenvalue weighted by Crippen LogP contribution is -2.47. The van der Waals surface area contributed by atoms with Crippen LogP contribution in [0.4, 0.5) is 0 Å². The zero-order chi connectivity index (χ0) is 38.2. The lowest BCUT2D eigenvalue weighted by atomic mass is 10.0. The van der Waals surface area contributed by atoms with Crippen LogP contribution in [0.25, 0.3) is 0 Å². The molecule has 0 aliphatic rings. The van der Waals surface area contributed by atoms with Crippen molar-refractivity contribution in [3.8, 4) is 0 Å². The minimum atomic E-state index is -4.31. The maximum absolute atomic E-state index is 12.6. The molecule has 0 fully saturated rings. The summed E-state index contributed by atoms with van der Waals surface area (Å²) in [5, 5.41) is 13.4. The fraction of sp³-hybridized carbons (Fsp3) is 0.933. The van der Waals surface area contributed by atoms with Gasteiger partial charge in [0.05, 0.1) is 17.9 Å². The predicted molar refractivity (Wildman–Crippen MR) is 226 cm³/mol. The number of rotatable bonds is 42. The Kier molecular flexibility index (Phi) is 39.1. The molecule has 310 valence electrons. The van der Waals surface area contributed by atoms with Crippen LogP contribution in [-0.2, 0) is 14.9 Å². The van der Waals surface area contributed by atoms with Crippen molar-refractivity contribution in [2.24, 2.45) is 0 Å². The number of allylic oxidation sites excluding steroid dienone is 2. The fourth-order valence-electron chi connectivity index (χ4n) is 7.27. The summed E-state index contributed by atoms with van der Waals surface area (Å²) in [6, 6.07) is -0.970. The summed E-state index contributed by atoms with van der Waals surface area (Å²) in [4.78, 5) is 12.6. The Morgan fingerprint density at radius 2 is 0.808 bits per heavy atom. The lowest BCUT2D eigenvalue weighted by Gasteiger charge is -2.23. The molecule has 0 bridgehead atoms. The van der Waals surface area contributed by atoms with Crippen LogP contribution in [0.1, 0.15) is 251 Å². The molecule has 0 aromatic carbocycles. The van der Waals surface area contributed by atoms with Crippen LogP contribution in [0.2, 0.25) is 0 Å². The summed E-state index contributed by atoms with van der Waals surface area (Å²) in [6.45, 7) is 4.54. The van der Waals surface area contributed by atoms with E-state index in [1.54, 1.807) is 0 Å². The van der Waals surface area contributed by atoms with Crippen LogP contribution in [0.5, 0.6) is 0 Å². The molecule has 0 aromatic heterocycles. The first-order valence-corrected chi connectivity index (χ1v) is 24.5. The Hall–Kier alpha value is -0.920. The highest BCUT2D eigenvalue weighted by atomic mass is 32.2. The maximum Gasteiger partial charge on any atom is 0.266 e. The minimum absolute atomic E-state index is 0.246. The summed E-state index contributed by atoms with van der Waals surface area (Å²) in [7, 11) is -4.31. The molecule has 3 N–H and O–H groups in total. The van der Waals surface area contributed by atoms with Gasteiger partial charge in [0.25, 0.3) is 10.1 Å². The van der Waals surface area contributed by atoms with Gasteiger partial charge in [-0.1, -0.05) is 219 Å². The molecule has 0 spiro atoms. The summed E-state index contributed by atoms with van der Waals surface area (Å²) in [5.74, 6) is -0.892. The van der Waals surface area contributed by atoms with Gasteiger partial charge in [-0.15, -0.1) is 0 Å². The number of carbonyl (C=O) groups excluding carboxylic acids is 1. The summed E-state index contributed by atoms with van der Waals surface area (Å²) < 4.78 is 32.6. The molecular formula is C45H89NO5S.